The van der Waals surface area contributed by atoms with Crippen LogP contribution >= 0.6 is 11.6 Å². The number of aliphatic hydroxyl groups is 2. The molecular weight excluding hydrogens is 268 g/mol. The molecule has 0 bridgehead atoms. The molecule has 6 nitrogen and oxygen atoms in total. The summed E-state index contributed by atoms with van der Waals surface area (Å²) >= 11 is 6.03. The Labute approximate surface area is 118 Å². The Morgan fingerprint density at radius 2 is 2.00 bits per heavy atom. The Morgan fingerprint density at radius 1 is 1.32 bits per heavy atom. The fourth-order valence-corrected chi connectivity index (χ4v) is 1.61. The van der Waals surface area contributed by atoms with Crippen molar-refractivity contribution in [3.05, 3.63) is 11.2 Å². The smallest absolute Gasteiger partial charge is 0.224 e. The molecule has 1 aromatic rings. The molecule has 0 saturated carbocycles. The highest BCUT2D eigenvalue weighted by molar-refractivity contribution is 6.32. The maximum absolute atomic E-state index is 9.41. The molecule has 0 amide bonds. The van der Waals surface area contributed by atoms with Gasteiger partial charge in [-0.2, -0.15) is 4.98 Å². The van der Waals surface area contributed by atoms with Crippen LogP contribution in [0.5, 0.6) is 0 Å². The normalized spacial score (nSPS) is 11.4. The molecule has 7 heteroatoms. The van der Waals surface area contributed by atoms with E-state index in [1.165, 1.54) is 6.20 Å². The molecule has 108 valence electrons. The minimum atomic E-state index is -0.833. The van der Waals surface area contributed by atoms with Gasteiger partial charge < -0.3 is 20.8 Å². The van der Waals surface area contributed by atoms with Crippen molar-refractivity contribution in [2.45, 2.75) is 32.2 Å². The van der Waals surface area contributed by atoms with Gasteiger partial charge in [0.15, 0.2) is 5.82 Å². The van der Waals surface area contributed by atoms with Gasteiger partial charge in [-0.15, -0.1) is 0 Å². The van der Waals surface area contributed by atoms with Crippen LogP contribution in [0.3, 0.4) is 0 Å². The van der Waals surface area contributed by atoms with E-state index in [2.05, 4.69) is 20.6 Å². The molecule has 0 aliphatic rings. The van der Waals surface area contributed by atoms with Crippen molar-refractivity contribution in [2.24, 2.45) is 0 Å². The highest BCUT2D eigenvalue weighted by Gasteiger charge is 2.27. The number of nitrogens with zero attached hydrogens (tertiary/aromatic N) is 2. The standard InChI is InChI=1S/C12H21ClN4O2/c1-3-5-14-11-15-6-9(13)10(16-11)17-12(4-2,7-18)8-19/h6,18-19H,3-5,7-8H2,1-2H3,(H2,14,15,16,17). The largest absolute Gasteiger partial charge is 0.394 e. The van der Waals surface area contributed by atoms with E-state index in [-0.39, 0.29) is 13.2 Å². The molecule has 0 saturated heterocycles. The third kappa shape index (κ3) is 4.19. The number of aliphatic hydroxyl groups excluding tert-OH is 2. The zero-order valence-corrected chi connectivity index (χ0v) is 12.0. The first kappa shape index (κ1) is 15.9. The van der Waals surface area contributed by atoms with Crippen LogP contribution in [0.1, 0.15) is 26.7 Å². The number of hydrogen-bond acceptors (Lipinski definition) is 6. The van der Waals surface area contributed by atoms with Crippen molar-refractivity contribution in [1.82, 2.24) is 9.97 Å². The number of rotatable bonds is 8. The third-order valence-electron chi connectivity index (χ3n) is 2.94. The summed E-state index contributed by atoms with van der Waals surface area (Å²) in [7, 11) is 0. The Kier molecular flexibility index (Phi) is 6.27. The van der Waals surface area contributed by atoms with Gasteiger partial charge in [-0.25, -0.2) is 4.98 Å². The lowest BCUT2D eigenvalue weighted by molar-refractivity contribution is 0.132. The number of nitrogens with one attached hydrogen (secondary N) is 2. The Bertz CT molecular complexity index is 391. The Morgan fingerprint density at radius 3 is 2.53 bits per heavy atom. The molecule has 0 aliphatic carbocycles. The van der Waals surface area contributed by atoms with Crippen LogP contribution in [0.2, 0.25) is 5.02 Å². The van der Waals surface area contributed by atoms with E-state index in [0.29, 0.717) is 23.2 Å². The summed E-state index contributed by atoms with van der Waals surface area (Å²) in [5.74, 6) is 0.870. The van der Waals surface area contributed by atoms with Gasteiger partial charge in [-0.3, -0.25) is 0 Å². The molecule has 0 aromatic carbocycles. The van der Waals surface area contributed by atoms with E-state index in [9.17, 15) is 10.2 Å². The summed E-state index contributed by atoms with van der Waals surface area (Å²) in [5.41, 5.74) is -0.833. The van der Waals surface area contributed by atoms with E-state index in [1.54, 1.807) is 0 Å². The molecule has 0 spiro atoms. The molecule has 19 heavy (non-hydrogen) atoms. The molecule has 4 N–H and O–H groups in total. The van der Waals surface area contributed by atoms with E-state index < -0.39 is 5.54 Å². The predicted molar refractivity (Wildman–Crippen MR) is 76.6 cm³/mol. The third-order valence-corrected chi connectivity index (χ3v) is 3.22. The van der Waals surface area contributed by atoms with Crippen LogP contribution in [0.25, 0.3) is 0 Å². The van der Waals surface area contributed by atoms with Crippen LogP contribution in [0.15, 0.2) is 6.20 Å². The van der Waals surface area contributed by atoms with Gasteiger partial charge in [-0.1, -0.05) is 25.4 Å². The highest BCUT2D eigenvalue weighted by Crippen LogP contribution is 2.24. The predicted octanol–water partition coefficient (Wildman–Crippen LogP) is 1.50. The van der Waals surface area contributed by atoms with E-state index >= 15 is 0 Å². The minimum Gasteiger partial charge on any atom is -0.394 e. The summed E-state index contributed by atoms with van der Waals surface area (Å²) in [6.45, 7) is 4.25. The number of anilines is 2. The van der Waals surface area contributed by atoms with Crippen LogP contribution in [-0.4, -0.2) is 45.5 Å². The molecule has 0 unspecified atom stereocenters. The molecule has 0 aliphatic heterocycles. The fourth-order valence-electron chi connectivity index (χ4n) is 1.47. The monoisotopic (exact) mass is 288 g/mol. The van der Waals surface area contributed by atoms with Gasteiger partial charge in [-0.05, 0) is 12.8 Å². The second-order valence-electron chi connectivity index (χ2n) is 4.39. The summed E-state index contributed by atoms with van der Waals surface area (Å²) < 4.78 is 0. The van der Waals surface area contributed by atoms with Crippen molar-refractivity contribution in [1.29, 1.82) is 0 Å². The number of halogens is 1. The number of hydrogen-bond donors (Lipinski definition) is 4. The van der Waals surface area contributed by atoms with Gasteiger partial charge in [0.2, 0.25) is 5.95 Å². The molecule has 1 rings (SSSR count). The fraction of sp³-hybridized carbons (Fsp3) is 0.667. The van der Waals surface area contributed by atoms with Crippen molar-refractivity contribution in [3.8, 4) is 0 Å². The lowest BCUT2D eigenvalue weighted by atomic mass is 9.98. The maximum atomic E-state index is 9.41. The minimum absolute atomic E-state index is 0.210. The second kappa shape index (κ2) is 7.47. The van der Waals surface area contributed by atoms with Crippen molar-refractivity contribution >= 4 is 23.4 Å². The first-order valence-corrected chi connectivity index (χ1v) is 6.75. The lowest BCUT2D eigenvalue weighted by Crippen LogP contribution is -2.45. The molecule has 0 radical (unpaired) electrons. The van der Waals surface area contributed by atoms with Crippen molar-refractivity contribution < 1.29 is 10.2 Å². The summed E-state index contributed by atoms with van der Waals surface area (Å²) in [6.07, 6.45) is 2.99. The zero-order valence-electron chi connectivity index (χ0n) is 11.3. The molecule has 0 atom stereocenters. The quantitative estimate of drug-likeness (QED) is 0.579. The van der Waals surface area contributed by atoms with Gasteiger partial charge in [0.25, 0.3) is 0 Å². The topological polar surface area (TPSA) is 90.3 Å². The van der Waals surface area contributed by atoms with E-state index in [0.717, 1.165) is 13.0 Å². The summed E-state index contributed by atoms with van der Waals surface area (Å²) in [6, 6.07) is 0. The summed E-state index contributed by atoms with van der Waals surface area (Å²) in [5, 5.41) is 25.2. The first-order valence-electron chi connectivity index (χ1n) is 6.37. The van der Waals surface area contributed by atoms with Crippen LogP contribution in [0.4, 0.5) is 11.8 Å². The van der Waals surface area contributed by atoms with Gasteiger partial charge >= 0.3 is 0 Å². The zero-order chi connectivity index (χ0) is 14.3. The summed E-state index contributed by atoms with van der Waals surface area (Å²) in [4.78, 5) is 8.32. The second-order valence-corrected chi connectivity index (χ2v) is 4.80. The van der Waals surface area contributed by atoms with Crippen molar-refractivity contribution in [3.63, 3.8) is 0 Å². The maximum Gasteiger partial charge on any atom is 0.224 e. The SMILES string of the molecule is CCCNc1ncc(Cl)c(NC(CC)(CO)CO)n1. The van der Waals surface area contributed by atoms with Crippen LogP contribution in [0, 0.1) is 0 Å². The number of aromatic nitrogens is 2. The average molecular weight is 289 g/mol. The Balaban J connectivity index is 2.92. The molecule has 1 aromatic heterocycles. The highest BCUT2D eigenvalue weighted by atomic mass is 35.5. The van der Waals surface area contributed by atoms with Crippen LogP contribution in [-0.2, 0) is 0 Å². The lowest BCUT2D eigenvalue weighted by Gasteiger charge is -2.30. The first-order chi connectivity index (χ1) is 9.10. The average Bonchev–Trinajstić information content (AvgIpc) is 2.45. The van der Waals surface area contributed by atoms with E-state index in [1.807, 2.05) is 13.8 Å². The van der Waals surface area contributed by atoms with E-state index in [4.69, 9.17) is 11.6 Å². The van der Waals surface area contributed by atoms with Gasteiger partial charge in [0.05, 0.1) is 24.9 Å². The van der Waals surface area contributed by atoms with Gasteiger partial charge in [0, 0.05) is 6.54 Å². The van der Waals surface area contributed by atoms with Gasteiger partial charge in [0.1, 0.15) is 5.02 Å². The van der Waals surface area contributed by atoms with Crippen LogP contribution < -0.4 is 10.6 Å². The molecule has 1 heterocycles. The van der Waals surface area contributed by atoms with Crippen molar-refractivity contribution in [2.75, 3.05) is 30.4 Å². The Hall–Kier alpha value is -1.11. The molecule has 0 fully saturated rings. The molecular formula is C12H21ClN4O2.